The number of carboxylic acids is 1. The summed E-state index contributed by atoms with van der Waals surface area (Å²) in [6, 6.07) is 13.0. The number of carbonyl (C=O) groups is 1. The van der Waals surface area contributed by atoms with Crippen molar-refractivity contribution in [2.24, 2.45) is 0 Å². The van der Waals surface area contributed by atoms with E-state index in [1.807, 2.05) is 29.2 Å². The van der Waals surface area contributed by atoms with E-state index in [0.717, 1.165) is 18.5 Å². The van der Waals surface area contributed by atoms with Crippen LogP contribution in [0.1, 0.15) is 18.4 Å². The van der Waals surface area contributed by atoms with Crippen LogP contribution >= 0.6 is 0 Å². The number of ether oxygens (including phenoxy) is 1. The fourth-order valence-corrected chi connectivity index (χ4v) is 2.86. The fraction of sp³-hybridized carbons (Fsp3) is 0.278. The van der Waals surface area contributed by atoms with Gasteiger partial charge in [0.05, 0.1) is 0 Å². The van der Waals surface area contributed by atoms with Crippen molar-refractivity contribution in [3.63, 3.8) is 0 Å². The number of likely N-dealkylation sites (tertiary alicyclic amines) is 1. The van der Waals surface area contributed by atoms with Crippen LogP contribution in [0, 0.1) is 5.82 Å². The van der Waals surface area contributed by atoms with Gasteiger partial charge in [0.25, 0.3) is 0 Å². The van der Waals surface area contributed by atoms with Gasteiger partial charge >= 0.3 is 5.97 Å². The lowest BCUT2D eigenvalue weighted by Gasteiger charge is -2.21. The van der Waals surface area contributed by atoms with E-state index < -0.39 is 12.0 Å². The standard InChI is InChI=1S/C18H18FNO3/c19-14-3-1-4-16(11-14)23-15-8-6-13(7-9-15)12-20-10-2-5-17(20)18(21)22/h1,3-4,6-9,11,17H,2,5,10,12H2,(H,21,22). The van der Waals surface area contributed by atoms with Gasteiger partial charge in [-0.1, -0.05) is 18.2 Å². The lowest BCUT2D eigenvalue weighted by Crippen LogP contribution is -2.35. The molecule has 3 rings (SSSR count). The minimum Gasteiger partial charge on any atom is -0.480 e. The van der Waals surface area contributed by atoms with Crippen molar-refractivity contribution in [1.82, 2.24) is 4.90 Å². The van der Waals surface area contributed by atoms with Crippen molar-refractivity contribution < 1.29 is 19.0 Å². The Morgan fingerprint density at radius 3 is 2.70 bits per heavy atom. The molecule has 0 saturated carbocycles. The number of aliphatic carboxylic acids is 1. The molecule has 1 atom stereocenters. The van der Waals surface area contributed by atoms with Crippen molar-refractivity contribution >= 4 is 5.97 Å². The van der Waals surface area contributed by atoms with Crippen molar-refractivity contribution in [1.29, 1.82) is 0 Å². The van der Waals surface area contributed by atoms with Gasteiger partial charge in [-0.3, -0.25) is 9.69 Å². The molecule has 1 aliphatic heterocycles. The highest BCUT2D eigenvalue weighted by molar-refractivity contribution is 5.73. The molecule has 1 N–H and O–H groups in total. The van der Waals surface area contributed by atoms with E-state index in [0.29, 0.717) is 24.5 Å². The monoisotopic (exact) mass is 315 g/mol. The van der Waals surface area contributed by atoms with Gasteiger partial charge in [-0.05, 0) is 49.2 Å². The molecule has 120 valence electrons. The average Bonchev–Trinajstić information content (AvgIpc) is 2.98. The second kappa shape index (κ2) is 6.79. The molecule has 0 aromatic heterocycles. The highest BCUT2D eigenvalue weighted by Crippen LogP contribution is 2.24. The third kappa shape index (κ3) is 3.87. The Balaban J connectivity index is 1.64. The largest absolute Gasteiger partial charge is 0.480 e. The smallest absolute Gasteiger partial charge is 0.320 e. The van der Waals surface area contributed by atoms with E-state index in [1.165, 1.54) is 12.1 Å². The number of halogens is 1. The summed E-state index contributed by atoms with van der Waals surface area (Å²) in [5, 5.41) is 9.20. The maximum absolute atomic E-state index is 13.1. The minimum atomic E-state index is -0.756. The van der Waals surface area contributed by atoms with E-state index in [4.69, 9.17) is 4.74 Å². The van der Waals surface area contributed by atoms with Crippen LogP contribution in [0.25, 0.3) is 0 Å². The number of hydrogen-bond acceptors (Lipinski definition) is 3. The summed E-state index contributed by atoms with van der Waals surface area (Å²) in [5.74, 6) is -0.0276. The maximum atomic E-state index is 13.1. The molecule has 2 aromatic rings. The Hall–Kier alpha value is -2.40. The maximum Gasteiger partial charge on any atom is 0.320 e. The van der Waals surface area contributed by atoms with Gasteiger partial charge in [0.1, 0.15) is 23.4 Å². The molecule has 1 unspecified atom stereocenters. The zero-order chi connectivity index (χ0) is 16.2. The van der Waals surface area contributed by atoms with Crippen LogP contribution in [0.2, 0.25) is 0 Å². The van der Waals surface area contributed by atoms with Crippen LogP contribution in [0.4, 0.5) is 4.39 Å². The molecule has 0 aliphatic carbocycles. The molecule has 1 aliphatic rings. The summed E-state index contributed by atoms with van der Waals surface area (Å²) in [5.41, 5.74) is 1.03. The third-order valence-corrected chi connectivity index (χ3v) is 3.99. The van der Waals surface area contributed by atoms with Gasteiger partial charge in [0.2, 0.25) is 0 Å². The van der Waals surface area contributed by atoms with Crippen molar-refractivity contribution in [3.8, 4) is 11.5 Å². The molecule has 4 nitrogen and oxygen atoms in total. The Labute approximate surface area is 134 Å². The molecular weight excluding hydrogens is 297 g/mol. The zero-order valence-corrected chi connectivity index (χ0v) is 12.6. The first-order valence-electron chi connectivity index (χ1n) is 7.61. The van der Waals surface area contributed by atoms with E-state index in [-0.39, 0.29) is 5.82 Å². The van der Waals surface area contributed by atoms with Gasteiger partial charge in [-0.25, -0.2) is 4.39 Å². The molecule has 2 aromatic carbocycles. The summed E-state index contributed by atoms with van der Waals surface area (Å²) in [4.78, 5) is 13.2. The SMILES string of the molecule is O=C(O)C1CCCN1Cc1ccc(Oc2cccc(F)c2)cc1. The number of benzene rings is 2. The van der Waals surface area contributed by atoms with E-state index in [1.54, 1.807) is 12.1 Å². The number of hydrogen-bond donors (Lipinski definition) is 1. The number of rotatable bonds is 5. The quantitative estimate of drug-likeness (QED) is 0.914. The molecular formula is C18H18FNO3. The molecule has 23 heavy (non-hydrogen) atoms. The minimum absolute atomic E-state index is 0.340. The highest BCUT2D eigenvalue weighted by atomic mass is 19.1. The highest BCUT2D eigenvalue weighted by Gasteiger charge is 2.30. The topological polar surface area (TPSA) is 49.8 Å². The predicted molar refractivity (Wildman–Crippen MR) is 84.0 cm³/mol. The van der Waals surface area contributed by atoms with Crippen molar-refractivity contribution in [3.05, 3.63) is 59.9 Å². The third-order valence-electron chi connectivity index (χ3n) is 3.99. The van der Waals surface area contributed by atoms with E-state index >= 15 is 0 Å². The summed E-state index contributed by atoms with van der Waals surface area (Å²) < 4.78 is 18.7. The molecule has 1 fully saturated rings. The van der Waals surface area contributed by atoms with Gasteiger partial charge in [-0.2, -0.15) is 0 Å². The first-order valence-corrected chi connectivity index (χ1v) is 7.61. The van der Waals surface area contributed by atoms with Gasteiger partial charge < -0.3 is 9.84 Å². The van der Waals surface area contributed by atoms with Crippen LogP contribution in [0.3, 0.4) is 0 Å². The number of carboxylic acid groups (broad SMARTS) is 1. The molecule has 0 bridgehead atoms. The zero-order valence-electron chi connectivity index (χ0n) is 12.6. The Morgan fingerprint density at radius 1 is 1.22 bits per heavy atom. The van der Waals surface area contributed by atoms with Gasteiger partial charge in [0, 0.05) is 12.6 Å². The summed E-state index contributed by atoms with van der Waals surface area (Å²) in [7, 11) is 0. The van der Waals surface area contributed by atoms with Crippen molar-refractivity contribution in [2.45, 2.75) is 25.4 Å². The second-order valence-corrected chi connectivity index (χ2v) is 5.67. The van der Waals surface area contributed by atoms with Gasteiger partial charge in [-0.15, -0.1) is 0 Å². The molecule has 0 radical (unpaired) electrons. The molecule has 5 heteroatoms. The Bertz CT molecular complexity index is 687. The predicted octanol–water partition coefficient (Wildman–Crippen LogP) is 3.67. The normalized spacial score (nSPS) is 18.0. The summed E-state index contributed by atoms with van der Waals surface area (Å²) in [6.07, 6.45) is 1.62. The Morgan fingerprint density at radius 2 is 2.00 bits per heavy atom. The molecule has 0 spiro atoms. The van der Waals surface area contributed by atoms with E-state index in [9.17, 15) is 14.3 Å². The van der Waals surface area contributed by atoms with Crippen LogP contribution in [0.5, 0.6) is 11.5 Å². The van der Waals surface area contributed by atoms with Crippen LogP contribution in [-0.4, -0.2) is 28.6 Å². The van der Waals surface area contributed by atoms with Crippen molar-refractivity contribution in [2.75, 3.05) is 6.54 Å². The van der Waals surface area contributed by atoms with E-state index in [2.05, 4.69) is 0 Å². The number of nitrogens with zero attached hydrogens (tertiary/aromatic N) is 1. The Kier molecular flexibility index (Phi) is 4.57. The first kappa shape index (κ1) is 15.5. The average molecular weight is 315 g/mol. The molecule has 0 amide bonds. The lowest BCUT2D eigenvalue weighted by atomic mass is 10.2. The second-order valence-electron chi connectivity index (χ2n) is 5.67. The van der Waals surface area contributed by atoms with Crippen LogP contribution in [0.15, 0.2) is 48.5 Å². The van der Waals surface area contributed by atoms with Crippen LogP contribution < -0.4 is 4.74 Å². The first-order chi connectivity index (χ1) is 11.1. The van der Waals surface area contributed by atoms with Crippen LogP contribution in [-0.2, 0) is 11.3 Å². The summed E-state index contributed by atoms with van der Waals surface area (Å²) >= 11 is 0. The lowest BCUT2D eigenvalue weighted by molar-refractivity contribution is -0.142. The van der Waals surface area contributed by atoms with Gasteiger partial charge in [0.15, 0.2) is 0 Å². The fourth-order valence-electron chi connectivity index (χ4n) is 2.86. The summed E-state index contributed by atoms with van der Waals surface area (Å²) in [6.45, 7) is 1.41. The molecule has 1 saturated heterocycles. The molecule has 1 heterocycles.